The highest BCUT2D eigenvalue weighted by Crippen LogP contribution is 2.26. The Hall–Kier alpha value is -1.46. The lowest BCUT2D eigenvalue weighted by Gasteiger charge is -2.11. The van der Waals surface area contributed by atoms with Crippen LogP contribution in [0.1, 0.15) is 11.3 Å². The Labute approximate surface area is 115 Å². The molecular weight excluding hydrogens is 294 g/mol. The predicted molar refractivity (Wildman–Crippen MR) is 73.7 cm³/mol. The van der Waals surface area contributed by atoms with E-state index in [1.165, 1.54) is 0 Å². The number of halogens is 1. The van der Waals surface area contributed by atoms with Gasteiger partial charge in [-0.05, 0) is 48.1 Å². The van der Waals surface area contributed by atoms with Crippen molar-refractivity contribution in [3.05, 3.63) is 46.3 Å². The number of rotatable bonds is 4. The van der Waals surface area contributed by atoms with Crippen molar-refractivity contribution in [2.24, 2.45) is 0 Å². The summed E-state index contributed by atoms with van der Waals surface area (Å²) in [7, 11) is 1.89. The second-order valence-electron chi connectivity index (χ2n) is 3.84. The molecule has 4 nitrogen and oxygen atoms in total. The van der Waals surface area contributed by atoms with E-state index >= 15 is 0 Å². The zero-order valence-corrected chi connectivity index (χ0v) is 11.9. The summed E-state index contributed by atoms with van der Waals surface area (Å²) in [4.78, 5) is 8.49. The molecule has 1 N–H and O–H groups in total. The molecule has 0 atom stereocenters. The average molecular weight is 308 g/mol. The van der Waals surface area contributed by atoms with Crippen LogP contribution in [0.3, 0.4) is 0 Å². The maximum absolute atomic E-state index is 5.81. The van der Waals surface area contributed by atoms with Crippen molar-refractivity contribution in [3.8, 4) is 11.6 Å². The van der Waals surface area contributed by atoms with E-state index in [0.717, 1.165) is 21.5 Å². The highest BCUT2D eigenvalue weighted by atomic mass is 79.9. The molecule has 94 valence electrons. The predicted octanol–water partition coefficient (Wildman–Crippen LogP) is 3.06. The Kier molecular flexibility index (Phi) is 4.28. The van der Waals surface area contributed by atoms with Gasteiger partial charge in [0.1, 0.15) is 0 Å². The van der Waals surface area contributed by atoms with E-state index in [1.807, 2.05) is 32.2 Å². The van der Waals surface area contributed by atoms with Crippen molar-refractivity contribution in [1.82, 2.24) is 15.3 Å². The Morgan fingerprint density at radius 3 is 2.94 bits per heavy atom. The fraction of sp³-hybridized carbons (Fsp3) is 0.231. The molecule has 0 saturated carbocycles. The molecule has 0 amide bonds. The smallest absolute Gasteiger partial charge is 0.223 e. The molecule has 0 radical (unpaired) electrons. The van der Waals surface area contributed by atoms with Gasteiger partial charge in [0.2, 0.25) is 5.88 Å². The van der Waals surface area contributed by atoms with E-state index in [0.29, 0.717) is 12.4 Å². The first-order valence-corrected chi connectivity index (χ1v) is 6.38. The lowest BCUT2D eigenvalue weighted by atomic mass is 10.2. The van der Waals surface area contributed by atoms with Crippen molar-refractivity contribution in [3.63, 3.8) is 0 Å². The summed E-state index contributed by atoms with van der Waals surface area (Å²) in [6, 6.07) is 5.72. The van der Waals surface area contributed by atoms with Crippen LogP contribution in [-0.2, 0) is 6.54 Å². The monoisotopic (exact) mass is 307 g/mol. The molecule has 0 fully saturated rings. The number of nitrogens with one attached hydrogen (secondary N) is 1. The Bertz CT molecular complexity index is 546. The number of aromatic nitrogens is 2. The van der Waals surface area contributed by atoms with E-state index in [-0.39, 0.29) is 0 Å². The van der Waals surface area contributed by atoms with Crippen LogP contribution in [0.25, 0.3) is 0 Å². The molecule has 2 heterocycles. The van der Waals surface area contributed by atoms with Crippen LogP contribution in [-0.4, -0.2) is 17.0 Å². The summed E-state index contributed by atoms with van der Waals surface area (Å²) in [6.07, 6.45) is 3.46. The van der Waals surface area contributed by atoms with Crippen LogP contribution in [0.2, 0.25) is 0 Å². The fourth-order valence-corrected chi connectivity index (χ4v) is 1.94. The molecule has 0 aliphatic rings. The SMILES string of the molecule is CNCc1cc(Br)cnc1Oc1cccnc1C. The Morgan fingerprint density at radius 2 is 2.22 bits per heavy atom. The third-order valence-electron chi connectivity index (χ3n) is 2.42. The van der Waals surface area contributed by atoms with Gasteiger partial charge in [0.25, 0.3) is 0 Å². The minimum absolute atomic E-state index is 0.601. The van der Waals surface area contributed by atoms with Crippen molar-refractivity contribution >= 4 is 15.9 Å². The van der Waals surface area contributed by atoms with Crippen LogP contribution in [0.15, 0.2) is 35.1 Å². The number of ether oxygens (including phenoxy) is 1. The van der Waals surface area contributed by atoms with E-state index in [1.54, 1.807) is 12.4 Å². The average Bonchev–Trinajstić information content (AvgIpc) is 2.35. The molecule has 5 heteroatoms. The van der Waals surface area contributed by atoms with Gasteiger partial charge >= 0.3 is 0 Å². The normalized spacial score (nSPS) is 10.4. The maximum Gasteiger partial charge on any atom is 0.223 e. The van der Waals surface area contributed by atoms with Crippen molar-refractivity contribution in [2.45, 2.75) is 13.5 Å². The molecule has 18 heavy (non-hydrogen) atoms. The van der Waals surface area contributed by atoms with Crippen LogP contribution in [0.4, 0.5) is 0 Å². The lowest BCUT2D eigenvalue weighted by Crippen LogP contribution is -2.07. The van der Waals surface area contributed by atoms with Crippen LogP contribution < -0.4 is 10.1 Å². The molecule has 0 saturated heterocycles. The molecule has 2 rings (SSSR count). The lowest BCUT2D eigenvalue weighted by molar-refractivity contribution is 0.448. The molecule has 2 aromatic heterocycles. The zero-order valence-electron chi connectivity index (χ0n) is 10.3. The van der Waals surface area contributed by atoms with Gasteiger partial charge in [-0.15, -0.1) is 0 Å². The van der Waals surface area contributed by atoms with Crippen molar-refractivity contribution in [1.29, 1.82) is 0 Å². The highest BCUT2D eigenvalue weighted by molar-refractivity contribution is 9.10. The molecule has 0 aliphatic carbocycles. The summed E-state index contributed by atoms with van der Waals surface area (Å²) in [6.45, 7) is 2.60. The molecule has 0 unspecified atom stereocenters. The Morgan fingerprint density at radius 1 is 1.39 bits per heavy atom. The highest BCUT2D eigenvalue weighted by Gasteiger charge is 2.08. The van der Waals surface area contributed by atoms with Crippen LogP contribution >= 0.6 is 15.9 Å². The first-order valence-electron chi connectivity index (χ1n) is 5.59. The molecule has 0 spiro atoms. The van der Waals surface area contributed by atoms with Crippen molar-refractivity contribution < 1.29 is 4.74 Å². The minimum atomic E-state index is 0.601. The van der Waals surface area contributed by atoms with Gasteiger partial charge in [-0.2, -0.15) is 0 Å². The number of pyridine rings is 2. The summed E-state index contributed by atoms with van der Waals surface area (Å²) < 4.78 is 6.75. The van der Waals surface area contributed by atoms with E-state index in [2.05, 4.69) is 31.2 Å². The first kappa shape index (κ1) is 13.0. The van der Waals surface area contributed by atoms with Gasteiger partial charge in [-0.1, -0.05) is 0 Å². The molecule has 0 aliphatic heterocycles. The minimum Gasteiger partial charge on any atom is -0.437 e. The number of hydrogen-bond donors (Lipinski definition) is 1. The molecular formula is C13H14BrN3O. The second-order valence-corrected chi connectivity index (χ2v) is 4.75. The summed E-state index contributed by atoms with van der Waals surface area (Å²) in [5.41, 5.74) is 1.84. The molecule has 0 aromatic carbocycles. The van der Waals surface area contributed by atoms with Gasteiger partial charge in [-0.25, -0.2) is 4.98 Å². The van der Waals surface area contributed by atoms with Gasteiger partial charge < -0.3 is 10.1 Å². The summed E-state index contributed by atoms with van der Waals surface area (Å²) in [5.74, 6) is 1.33. The summed E-state index contributed by atoms with van der Waals surface area (Å²) >= 11 is 3.41. The van der Waals surface area contributed by atoms with Crippen LogP contribution in [0, 0.1) is 6.92 Å². The van der Waals surface area contributed by atoms with Gasteiger partial charge in [0.15, 0.2) is 5.75 Å². The molecule has 2 aromatic rings. The van der Waals surface area contributed by atoms with Gasteiger partial charge in [0.05, 0.1) is 5.69 Å². The Balaban J connectivity index is 2.31. The first-order chi connectivity index (χ1) is 8.70. The standard InChI is InChI=1S/C13H14BrN3O/c1-9-12(4-3-5-16-9)18-13-10(7-15-2)6-11(14)8-17-13/h3-6,8,15H,7H2,1-2H3. The number of nitrogens with zero attached hydrogens (tertiary/aromatic N) is 2. The van der Waals surface area contributed by atoms with Gasteiger partial charge in [0, 0.05) is 29.0 Å². The van der Waals surface area contributed by atoms with E-state index in [4.69, 9.17) is 4.74 Å². The summed E-state index contributed by atoms with van der Waals surface area (Å²) in [5, 5.41) is 3.10. The quantitative estimate of drug-likeness (QED) is 0.943. The third kappa shape index (κ3) is 3.05. The maximum atomic E-state index is 5.81. The second kappa shape index (κ2) is 5.93. The largest absolute Gasteiger partial charge is 0.437 e. The van der Waals surface area contributed by atoms with Gasteiger partial charge in [-0.3, -0.25) is 4.98 Å². The van der Waals surface area contributed by atoms with Crippen molar-refractivity contribution in [2.75, 3.05) is 7.05 Å². The topological polar surface area (TPSA) is 47.0 Å². The number of hydrogen-bond acceptors (Lipinski definition) is 4. The zero-order chi connectivity index (χ0) is 13.0. The van der Waals surface area contributed by atoms with E-state index in [9.17, 15) is 0 Å². The van der Waals surface area contributed by atoms with E-state index < -0.39 is 0 Å². The molecule has 0 bridgehead atoms. The third-order valence-corrected chi connectivity index (χ3v) is 2.86. The van der Waals surface area contributed by atoms with Crippen LogP contribution in [0.5, 0.6) is 11.6 Å². The number of aryl methyl sites for hydroxylation is 1. The fourth-order valence-electron chi connectivity index (χ4n) is 1.56.